The maximum absolute atomic E-state index is 12.6. The molecule has 1 aromatic heterocycles. The Bertz CT molecular complexity index is 430. The highest BCUT2D eigenvalue weighted by molar-refractivity contribution is 5.77. The summed E-state index contributed by atoms with van der Waals surface area (Å²) < 4.78 is 62.6. The Morgan fingerprint density at radius 2 is 2.00 bits per heavy atom. The monoisotopic (exact) mass is 254 g/mol. The topological polar surface area (TPSA) is 56.0 Å². The van der Waals surface area contributed by atoms with Crippen molar-refractivity contribution in [3.05, 3.63) is 28.6 Å². The van der Waals surface area contributed by atoms with Gasteiger partial charge in [0, 0.05) is 29.4 Å². The van der Waals surface area contributed by atoms with E-state index in [-0.39, 0.29) is 6.29 Å². The van der Waals surface area contributed by atoms with E-state index in [0.717, 1.165) is 0 Å². The van der Waals surface area contributed by atoms with E-state index < -0.39 is 41.5 Å². The fourth-order valence-electron chi connectivity index (χ4n) is 1.39. The quantitative estimate of drug-likeness (QED) is 0.665. The number of hydrogen-bond acceptors (Lipinski definition) is 3. The van der Waals surface area contributed by atoms with Gasteiger partial charge in [-0.15, -0.1) is 0 Å². The minimum absolute atomic E-state index is 0.0216. The lowest BCUT2D eigenvalue weighted by Crippen LogP contribution is -2.18. The number of nitrogens with zero attached hydrogens (tertiary/aromatic N) is 1. The Kier molecular flexibility index (Phi) is 3.76. The van der Waals surface area contributed by atoms with Crippen molar-refractivity contribution < 1.29 is 26.7 Å². The summed E-state index contributed by atoms with van der Waals surface area (Å²) in [4.78, 5) is 13.4. The van der Waals surface area contributed by atoms with Crippen LogP contribution in [0.2, 0.25) is 0 Å². The van der Waals surface area contributed by atoms with Crippen molar-refractivity contribution in [2.75, 3.05) is 0 Å². The molecule has 0 amide bonds. The number of aldehydes is 1. The van der Waals surface area contributed by atoms with Crippen LogP contribution in [0.5, 0.6) is 0 Å². The van der Waals surface area contributed by atoms with Gasteiger partial charge in [0.15, 0.2) is 6.29 Å². The molecule has 0 radical (unpaired) electrons. The standard InChI is InChI=1S/C9H7F5N2O/c10-8(11)6-4(3-17)2-16-7(5(6)1-15)9(12,13)14/h2-3,8H,1,15H2. The first-order chi connectivity index (χ1) is 7.82. The highest BCUT2D eigenvalue weighted by atomic mass is 19.4. The lowest BCUT2D eigenvalue weighted by Gasteiger charge is -2.15. The highest BCUT2D eigenvalue weighted by Gasteiger charge is 2.37. The van der Waals surface area contributed by atoms with Gasteiger partial charge >= 0.3 is 6.18 Å². The molecule has 0 aromatic carbocycles. The smallest absolute Gasteiger partial charge is 0.326 e. The van der Waals surface area contributed by atoms with Gasteiger partial charge in [-0.2, -0.15) is 13.2 Å². The van der Waals surface area contributed by atoms with Gasteiger partial charge in [0.05, 0.1) is 0 Å². The molecule has 3 nitrogen and oxygen atoms in total. The van der Waals surface area contributed by atoms with E-state index in [1.165, 1.54) is 0 Å². The van der Waals surface area contributed by atoms with Crippen molar-refractivity contribution in [2.45, 2.75) is 19.1 Å². The first kappa shape index (κ1) is 13.5. The average molecular weight is 254 g/mol. The van der Waals surface area contributed by atoms with Crippen LogP contribution in [0.3, 0.4) is 0 Å². The number of carbonyl (C=O) groups is 1. The molecule has 0 aliphatic carbocycles. The normalized spacial score (nSPS) is 11.9. The Balaban J connectivity index is 3.58. The second-order valence-electron chi connectivity index (χ2n) is 3.07. The van der Waals surface area contributed by atoms with Crippen LogP contribution in [-0.4, -0.2) is 11.3 Å². The van der Waals surface area contributed by atoms with E-state index in [1.54, 1.807) is 0 Å². The predicted molar refractivity (Wildman–Crippen MR) is 47.5 cm³/mol. The summed E-state index contributed by atoms with van der Waals surface area (Å²) in [6.07, 6.45) is -7.62. The summed E-state index contributed by atoms with van der Waals surface area (Å²) in [7, 11) is 0. The molecule has 0 atom stereocenters. The first-order valence-electron chi connectivity index (χ1n) is 4.35. The Morgan fingerprint density at radius 3 is 2.35 bits per heavy atom. The van der Waals surface area contributed by atoms with Crippen LogP contribution in [-0.2, 0) is 12.7 Å². The van der Waals surface area contributed by atoms with Crippen molar-refractivity contribution in [1.29, 1.82) is 0 Å². The molecular formula is C9H7F5N2O. The van der Waals surface area contributed by atoms with Gasteiger partial charge in [-0.3, -0.25) is 9.78 Å². The fraction of sp³-hybridized carbons (Fsp3) is 0.333. The molecule has 0 saturated heterocycles. The number of rotatable bonds is 3. The SMILES string of the molecule is NCc1c(C(F)(F)F)ncc(C=O)c1C(F)F. The van der Waals surface area contributed by atoms with Crippen molar-refractivity contribution in [3.8, 4) is 0 Å². The second kappa shape index (κ2) is 4.74. The van der Waals surface area contributed by atoms with Crippen molar-refractivity contribution in [3.63, 3.8) is 0 Å². The average Bonchev–Trinajstić information content (AvgIpc) is 2.25. The molecule has 1 aromatic rings. The summed E-state index contributed by atoms with van der Waals surface area (Å²) in [5.41, 5.74) is 1.09. The van der Waals surface area contributed by atoms with Crippen LogP contribution in [0.4, 0.5) is 22.0 Å². The molecule has 0 fully saturated rings. The van der Waals surface area contributed by atoms with Gasteiger partial charge in [-0.05, 0) is 0 Å². The van der Waals surface area contributed by atoms with E-state index >= 15 is 0 Å². The van der Waals surface area contributed by atoms with Gasteiger partial charge in [0.25, 0.3) is 6.43 Å². The number of nitrogens with two attached hydrogens (primary N) is 1. The lowest BCUT2D eigenvalue weighted by atomic mass is 10.0. The third-order valence-corrected chi connectivity index (χ3v) is 2.07. The molecule has 1 rings (SSSR count). The number of pyridine rings is 1. The zero-order chi connectivity index (χ0) is 13.2. The molecule has 0 bridgehead atoms. The largest absolute Gasteiger partial charge is 0.433 e. The molecule has 2 N–H and O–H groups in total. The second-order valence-corrected chi connectivity index (χ2v) is 3.07. The van der Waals surface area contributed by atoms with Gasteiger partial charge < -0.3 is 5.73 Å². The number of carbonyl (C=O) groups excluding carboxylic acids is 1. The molecule has 0 unspecified atom stereocenters. The molecule has 1 heterocycles. The zero-order valence-electron chi connectivity index (χ0n) is 8.26. The van der Waals surface area contributed by atoms with Crippen LogP contribution in [0, 0.1) is 0 Å². The summed E-state index contributed by atoms with van der Waals surface area (Å²) in [5, 5.41) is 0. The van der Waals surface area contributed by atoms with Gasteiger partial charge in [0.1, 0.15) is 5.69 Å². The predicted octanol–water partition coefficient (Wildman–Crippen LogP) is 2.31. The Hall–Kier alpha value is -1.57. The van der Waals surface area contributed by atoms with Crippen molar-refractivity contribution in [1.82, 2.24) is 4.98 Å². The summed E-state index contributed by atoms with van der Waals surface area (Å²) in [6, 6.07) is 0. The van der Waals surface area contributed by atoms with Crippen LogP contribution in [0.15, 0.2) is 6.20 Å². The summed E-state index contributed by atoms with van der Waals surface area (Å²) >= 11 is 0. The van der Waals surface area contributed by atoms with Gasteiger partial charge in [-0.25, -0.2) is 8.78 Å². The van der Waals surface area contributed by atoms with Crippen LogP contribution < -0.4 is 5.73 Å². The van der Waals surface area contributed by atoms with E-state index in [1.807, 2.05) is 0 Å². The Morgan fingerprint density at radius 1 is 1.41 bits per heavy atom. The molecular weight excluding hydrogens is 247 g/mol. The molecule has 0 spiro atoms. The van der Waals surface area contributed by atoms with E-state index in [4.69, 9.17) is 5.73 Å². The van der Waals surface area contributed by atoms with E-state index in [9.17, 15) is 26.7 Å². The summed E-state index contributed by atoms with van der Waals surface area (Å²) in [5.74, 6) is 0. The molecule has 17 heavy (non-hydrogen) atoms. The van der Waals surface area contributed by atoms with Crippen LogP contribution in [0.1, 0.15) is 33.6 Å². The fourth-order valence-corrected chi connectivity index (χ4v) is 1.39. The van der Waals surface area contributed by atoms with Crippen molar-refractivity contribution in [2.24, 2.45) is 5.73 Å². The third kappa shape index (κ3) is 2.57. The number of aromatic nitrogens is 1. The highest BCUT2D eigenvalue weighted by Crippen LogP contribution is 2.35. The van der Waals surface area contributed by atoms with Crippen molar-refractivity contribution >= 4 is 6.29 Å². The first-order valence-corrected chi connectivity index (χ1v) is 4.35. The number of hydrogen-bond donors (Lipinski definition) is 1. The molecule has 94 valence electrons. The molecule has 8 heteroatoms. The lowest BCUT2D eigenvalue weighted by molar-refractivity contribution is -0.142. The minimum Gasteiger partial charge on any atom is -0.326 e. The van der Waals surface area contributed by atoms with Crippen LogP contribution in [0.25, 0.3) is 0 Å². The maximum atomic E-state index is 12.6. The van der Waals surface area contributed by atoms with Gasteiger partial charge in [0.2, 0.25) is 0 Å². The number of alkyl halides is 5. The van der Waals surface area contributed by atoms with E-state index in [0.29, 0.717) is 6.20 Å². The Labute approximate surface area is 92.4 Å². The summed E-state index contributed by atoms with van der Waals surface area (Å²) in [6.45, 7) is -0.775. The molecule has 0 aliphatic heterocycles. The van der Waals surface area contributed by atoms with Gasteiger partial charge in [-0.1, -0.05) is 0 Å². The van der Waals surface area contributed by atoms with Crippen LogP contribution >= 0.6 is 0 Å². The zero-order valence-corrected chi connectivity index (χ0v) is 8.26. The maximum Gasteiger partial charge on any atom is 0.433 e. The number of halogens is 5. The van der Waals surface area contributed by atoms with E-state index in [2.05, 4.69) is 4.98 Å². The third-order valence-electron chi connectivity index (χ3n) is 2.07. The molecule has 0 saturated carbocycles. The minimum atomic E-state index is -4.89. The molecule has 0 aliphatic rings.